The van der Waals surface area contributed by atoms with E-state index in [1.807, 2.05) is 12.1 Å². The molecule has 1 saturated heterocycles. The summed E-state index contributed by atoms with van der Waals surface area (Å²) in [5.41, 5.74) is 6.81. The van der Waals surface area contributed by atoms with Gasteiger partial charge < -0.3 is 15.2 Å². The fourth-order valence-electron chi connectivity index (χ4n) is 2.71. The molecule has 0 bridgehead atoms. The average molecular weight is 333 g/mol. The first-order chi connectivity index (χ1) is 10.00. The molecule has 0 radical (unpaired) electrons. The Kier molecular flexibility index (Phi) is 4.00. The van der Waals surface area contributed by atoms with Crippen LogP contribution in [-0.2, 0) is 9.84 Å². The van der Waals surface area contributed by atoms with Crippen LogP contribution in [0.2, 0.25) is 5.02 Å². The highest BCUT2D eigenvalue weighted by Gasteiger charge is 2.29. The van der Waals surface area contributed by atoms with Crippen LogP contribution < -0.4 is 15.2 Å². The minimum atomic E-state index is -2.91. The van der Waals surface area contributed by atoms with Gasteiger partial charge in [-0.05, 0) is 17.7 Å². The van der Waals surface area contributed by atoms with Gasteiger partial charge in [-0.2, -0.15) is 0 Å². The molecular weight excluding hydrogens is 316 g/mol. The molecule has 1 atom stereocenters. The third-order valence-electron chi connectivity index (χ3n) is 3.88. The maximum absolute atomic E-state index is 11.5. The third kappa shape index (κ3) is 2.96. The number of benzene rings is 1. The molecule has 2 aliphatic rings. The van der Waals surface area contributed by atoms with Gasteiger partial charge in [0.05, 0.1) is 16.5 Å². The van der Waals surface area contributed by atoms with Crippen LogP contribution >= 0.6 is 11.6 Å². The first kappa shape index (κ1) is 14.9. The Hall–Kier alpha value is -1.02. The van der Waals surface area contributed by atoms with E-state index in [0.717, 1.165) is 5.56 Å². The van der Waals surface area contributed by atoms with E-state index < -0.39 is 9.84 Å². The number of halogens is 1. The zero-order valence-electron chi connectivity index (χ0n) is 11.4. The van der Waals surface area contributed by atoms with Crippen LogP contribution in [0.4, 0.5) is 0 Å². The molecule has 0 saturated carbocycles. The maximum atomic E-state index is 11.5. The van der Waals surface area contributed by atoms with Crippen LogP contribution in [0.3, 0.4) is 0 Å². The summed E-state index contributed by atoms with van der Waals surface area (Å²) in [4.78, 5) is 2.08. The predicted molar refractivity (Wildman–Crippen MR) is 79.6 cm³/mol. The topological polar surface area (TPSA) is 81.9 Å². The molecule has 2 aliphatic heterocycles. The zero-order chi connectivity index (χ0) is 15.0. The lowest BCUT2D eigenvalue weighted by molar-refractivity contribution is 0.173. The van der Waals surface area contributed by atoms with Gasteiger partial charge in [0.2, 0.25) is 6.79 Å². The Labute approximate surface area is 128 Å². The van der Waals surface area contributed by atoms with Crippen LogP contribution in [-0.4, -0.2) is 51.3 Å². The monoisotopic (exact) mass is 332 g/mol. The van der Waals surface area contributed by atoms with Crippen molar-refractivity contribution in [1.29, 1.82) is 0 Å². The van der Waals surface area contributed by atoms with E-state index >= 15 is 0 Å². The van der Waals surface area contributed by atoms with Gasteiger partial charge in [0.1, 0.15) is 0 Å². The fourth-order valence-corrected chi connectivity index (χ4v) is 4.22. The molecular formula is C13H17ClN2O4S. The molecule has 1 unspecified atom stereocenters. The molecule has 2 N–H and O–H groups in total. The van der Waals surface area contributed by atoms with E-state index in [-0.39, 0.29) is 24.3 Å². The van der Waals surface area contributed by atoms with Crippen LogP contribution in [0.5, 0.6) is 11.5 Å². The molecule has 116 valence electrons. The van der Waals surface area contributed by atoms with Gasteiger partial charge in [-0.1, -0.05) is 11.6 Å². The molecule has 21 heavy (non-hydrogen) atoms. The molecule has 0 spiro atoms. The van der Waals surface area contributed by atoms with E-state index in [4.69, 9.17) is 26.8 Å². The normalized spacial score (nSPS) is 22.2. The smallest absolute Gasteiger partial charge is 0.231 e. The number of nitrogens with two attached hydrogens (primary N) is 1. The van der Waals surface area contributed by atoms with E-state index in [0.29, 0.717) is 36.2 Å². The van der Waals surface area contributed by atoms with E-state index in [9.17, 15) is 8.42 Å². The van der Waals surface area contributed by atoms with E-state index in [2.05, 4.69) is 4.90 Å². The van der Waals surface area contributed by atoms with Gasteiger partial charge in [0.25, 0.3) is 0 Å². The van der Waals surface area contributed by atoms with Crippen molar-refractivity contribution in [2.75, 3.05) is 37.9 Å². The Morgan fingerprint density at radius 1 is 1.29 bits per heavy atom. The number of hydrogen-bond donors (Lipinski definition) is 1. The lowest BCUT2D eigenvalue weighted by Gasteiger charge is -2.34. The van der Waals surface area contributed by atoms with Crippen molar-refractivity contribution < 1.29 is 17.9 Å². The SMILES string of the molecule is NCC(c1cc(Cl)c2c(c1)OCO2)N1CCS(=O)(=O)CC1. The molecule has 0 aromatic heterocycles. The number of nitrogens with zero attached hydrogens (tertiary/aromatic N) is 1. The van der Waals surface area contributed by atoms with Crippen molar-refractivity contribution in [3.05, 3.63) is 22.7 Å². The second kappa shape index (κ2) is 5.64. The van der Waals surface area contributed by atoms with Gasteiger partial charge in [0, 0.05) is 25.7 Å². The fraction of sp³-hybridized carbons (Fsp3) is 0.538. The minimum absolute atomic E-state index is 0.0764. The van der Waals surface area contributed by atoms with Gasteiger partial charge in [-0.3, -0.25) is 4.90 Å². The molecule has 1 aromatic carbocycles. The van der Waals surface area contributed by atoms with E-state index in [1.54, 1.807) is 0 Å². The van der Waals surface area contributed by atoms with E-state index in [1.165, 1.54) is 0 Å². The molecule has 0 aliphatic carbocycles. The minimum Gasteiger partial charge on any atom is -0.454 e. The number of hydrogen-bond acceptors (Lipinski definition) is 6. The van der Waals surface area contributed by atoms with Gasteiger partial charge in [-0.15, -0.1) is 0 Å². The van der Waals surface area contributed by atoms with Gasteiger partial charge in [-0.25, -0.2) is 8.42 Å². The van der Waals surface area contributed by atoms with Crippen LogP contribution in [0.15, 0.2) is 12.1 Å². The van der Waals surface area contributed by atoms with Crippen LogP contribution in [0.1, 0.15) is 11.6 Å². The Morgan fingerprint density at radius 3 is 2.67 bits per heavy atom. The largest absolute Gasteiger partial charge is 0.454 e. The second-order valence-electron chi connectivity index (χ2n) is 5.18. The lowest BCUT2D eigenvalue weighted by Crippen LogP contribution is -2.44. The van der Waals surface area contributed by atoms with Crippen molar-refractivity contribution in [2.45, 2.75) is 6.04 Å². The van der Waals surface area contributed by atoms with Crippen LogP contribution in [0, 0.1) is 0 Å². The summed E-state index contributed by atoms with van der Waals surface area (Å²) in [5.74, 6) is 1.50. The highest BCUT2D eigenvalue weighted by atomic mass is 35.5. The van der Waals surface area contributed by atoms with Crippen molar-refractivity contribution in [1.82, 2.24) is 4.90 Å². The summed E-state index contributed by atoms with van der Waals surface area (Å²) >= 11 is 6.20. The summed E-state index contributed by atoms with van der Waals surface area (Å²) in [6.07, 6.45) is 0. The number of sulfone groups is 1. The molecule has 2 heterocycles. The zero-order valence-corrected chi connectivity index (χ0v) is 13.0. The van der Waals surface area contributed by atoms with Crippen LogP contribution in [0.25, 0.3) is 0 Å². The average Bonchev–Trinajstić information content (AvgIpc) is 2.90. The summed E-state index contributed by atoms with van der Waals surface area (Å²) in [7, 11) is -2.91. The molecule has 6 nitrogen and oxygen atoms in total. The molecule has 1 aromatic rings. The summed E-state index contributed by atoms with van der Waals surface area (Å²) in [5, 5.41) is 0.489. The highest BCUT2D eigenvalue weighted by molar-refractivity contribution is 7.91. The lowest BCUT2D eigenvalue weighted by atomic mass is 10.0. The van der Waals surface area contributed by atoms with Crippen molar-refractivity contribution in [3.63, 3.8) is 0 Å². The first-order valence-electron chi connectivity index (χ1n) is 6.74. The Balaban J connectivity index is 1.85. The molecule has 1 fully saturated rings. The number of rotatable bonds is 3. The first-order valence-corrected chi connectivity index (χ1v) is 8.94. The Morgan fingerprint density at radius 2 is 2.00 bits per heavy atom. The quantitative estimate of drug-likeness (QED) is 0.881. The van der Waals surface area contributed by atoms with Crippen molar-refractivity contribution in [3.8, 4) is 11.5 Å². The maximum Gasteiger partial charge on any atom is 0.231 e. The third-order valence-corrected chi connectivity index (χ3v) is 5.77. The van der Waals surface area contributed by atoms with Gasteiger partial charge >= 0.3 is 0 Å². The second-order valence-corrected chi connectivity index (χ2v) is 7.89. The standard InChI is InChI=1S/C13H17ClN2O4S/c14-10-5-9(6-12-13(10)20-8-19-12)11(7-15)16-1-3-21(17,18)4-2-16/h5-6,11H,1-4,7-8,15H2. The molecule has 0 amide bonds. The number of ether oxygens (including phenoxy) is 2. The highest BCUT2D eigenvalue weighted by Crippen LogP contribution is 2.41. The number of fused-ring (bicyclic) bond motifs is 1. The summed E-state index contributed by atoms with van der Waals surface area (Å²) in [6, 6.07) is 3.61. The van der Waals surface area contributed by atoms with Gasteiger partial charge in [0.15, 0.2) is 21.3 Å². The summed E-state index contributed by atoms with van der Waals surface area (Å²) in [6.45, 7) is 1.51. The molecule has 8 heteroatoms. The van der Waals surface area contributed by atoms with Crippen molar-refractivity contribution >= 4 is 21.4 Å². The predicted octanol–water partition coefficient (Wildman–Crippen LogP) is 0.799. The van der Waals surface area contributed by atoms with Crippen molar-refractivity contribution in [2.24, 2.45) is 5.73 Å². The molecule has 3 rings (SSSR count). The Bertz CT molecular complexity index is 636. The summed E-state index contributed by atoms with van der Waals surface area (Å²) < 4.78 is 33.7.